The van der Waals surface area contributed by atoms with E-state index >= 15 is 0 Å². The largest absolute Gasteiger partial charge is 0.507 e. The van der Waals surface area contributed by atoms with Gasteiger partial charge in [-0.1, -0.05) is 42.5 Å². The van der Waals surface area contributed by atoms with Crippen molar-refractivity contribution >= 4 is 5.97 Å². The molecule has 0 saturated heterocycles. The van der Waals surface area contributed by atoms with Crippen LogP contribution < -0.4 is 4.74 Å². The van der Waals surface area contributed by atoms with E-state index in [1.54, 1.807) is 30.3 Å². The summed E-state index contributed by atoms with van der Waals surface area (Å²) in [4.78, 5) is 25.9. The Morgan fingerprint density at radius 1 is 0.812 bits per heavy atom. The van der Waals surface area contributed by atoms with Crippen LogP contribution in [-0.4, -0.2) is 40.2 Å². The van der Waals surface area contributed by atoms with Crippen LogP contribution >= 0.6 is 0 Å². The molecule has 1 N–H and O–H groups in total. The highest BCUT2D eigenvalue weighted by Crippen LogP contribution is 2.32. The fourth-order valence-corrected chi connectivity index (χ4v) is 3.28. The van der Waals surface area contributed by atoms with Gasteiger partial charge in [0.05, 0.1) is 19.8 Å². The number of rotatable bonds is 5. The summed E-state index contributed by atoms with van der Waals surface area (Å²) in [5, 5.41) is 10.5. The molecule has 1 aromatic heterocycles. The minimum absolute atomic E-state index is 0.0831. The number of nitrogens with zero attached hydrogens (tertiary/aromatic N) is 3. The zero-order valence-electron chi connectivity index (χ0n) is 17.9. The number of hydrogen-bond acceptors (Lipinski definition) is 7. The van der Waals surface area contributed by atoms with Gasteiger partial charge in [-0.05, 0) is 36.8 Å². The first-order valence-electron chi connectivity index (χ1n) is 9.88. The molecule has 7 heteroatoms. The zero-order chi connectivity index (χ0) is 22.7. The molecule has 1 heterocycles. The third-order valence-electron chi connectivity index (χ3n) is 4.93. The number of aromatic hydroxyl groups is 1. The van der Waals surface area contributed by atoms with Gasteiger partial charge in [0.25, 0.3) is 0 Å². The van der Waals surface area contributed by atoms with E-state index in [0.717, 1.165) is 11.1 Å². The van der Waals surface area contributed by atoms with Gasteiger partial charge in [0, 0.05) is 11.1 Å². The highest BCUT2D eigenvalue weighted by molar-refractivity contribution is 5.93. The first-order chi connectivity index (χ1) is 15.5. The molecule has 0 bridgehead atoms. The average molecular weight is 427 g/mol. The molecular weight excluding hydrogens is 406 g/mol. The number of carbonyl (C=O) groups excluding carboxylic acids is 1. The third-order valence-corrected chi connectivity index (χ3v) is 4.93. The Balaban J connectivity index is 1.91. The maximum atomic E-state index is 12.0. The number of aryl methyl sites for hydroxylation is 1. The van der Waals surface area contributed by atoms with Crippen molar-refractivity contribution < 1.29 is 19.4 Å². The van der Waals surface area contributed by atoms with Crippen molar-refractivity contribution in [3.63, 3.8) is 0 Å². The predicted octanol–water partition coefficient (Wildman–Crippen LogP) is 4.68. The van der Waals surface area contributed by atoms with Gasteiger partial charge in [0.15, 0.2) is 17.5 Å². The predicted molar refractivity (Wildman–Crippen MR) is 120 cm³/mol. The van der Waals surface area contributed by atoms with Crippen molar-refractivity contribution in [1.29, 1.82) is 0 Å². The quantitative estimate of drug-likeness (QED) is 0.462. The molecule has 0 unspecified atom stereocenters. The molecule has 0 aliphatic rings. The summed E-state index contributed by atoms with van der Waals surface area (Å²) in [6.45, 7) is 1.90. The molecule has 0 saturated carbocycles. The van der Waals surface area contributed by atoms with Gasteiger partial charge in [0.2, 0.25) is 0 Å². The average Bonchev–Trinajstić information content (AvgIpc) is 2.83. The minimum atomic E-state index is -0.501. The fourth-order valence-electron chi connectivity index (χ4n) is 3.28. The molecule has 32 heavy (non-hydrogen) atoms. The van der Waals surface area contributed by atoms with E-state index in [-0.39, 0.29) is 5.75 Å². The summed E-state index contributed by atoms with van der Waals surface area (Å²) in [7, 11) is 2.79. The molecule has 0 fully saturated rings. The monoisotopic (exact) mass is 427 g/mol. The van der Waals surface area contributed by atoms with Crippen molar-refractivity contribution in [2.75, 3.05) is 14.2 Å². The molecule has 160 valence electrons. The maximum absolute atomic E-state index is 12.0. The molecule has 3 aromatic carbocycles. The molecule has 4 aromatic rings. The Labute approximate surface area is 185 Å². The lowest BCUT2D eigenvalue weighted by atomic mass is 10.1. The van der Waals surface area contributed by atoms with E-state index in [1.165, 1.54) is 14.2 Å². The van der Waals surface area contributed by atoms with E-state index in [4.69, 9.17) is 9.47 Å². The van der Waals surface area contributed by atoms with Crippen LogP contribution in [0.1, 0.15) is 15.9 Å². The van der Waals surface area contributed by atoms with Gasteiger partial charge in [-0.25, -0.2) is 19.7 Å². The van der Waals surface area contributed by atoms with E-state index in [1.807, 2.05) is 43.3 Å². The molecule has 0 radical (unpaired) electrons. The Hall–Kier alpha value is -4.26. The van der Waals surface area contributed by atoms with Crippen molar-refractivity contribution in [3.8, 4) is 45.7 Å². The van der Waals surface area contributed by atoms with E-state index in [9.17, 15) is 9.90 Å². The van der Waals surface area contributed by atoms with Crippen LogP contribution in [0, 0.1) is 6.92 Å². The van der Waals surface area contributed by atoms with E-state index < -0.39 is 5.97 Å². The van der Waals surface area contributed by atoms with Crippen LogP contribution in [0.4, 0.5) is 0 Å². The molecule has 0 aliphatic heterocycles. The molecule has 0 aliphatic carbocycles. The molecule has 0 amide bonds. The van der Waals surface area contributed by atoms with Crippen molar-refractivity contribution in [2.24, 2.45) is 0 Å². The summed E-state index contributed by atoms with van der Waals surface area (Å²) < 4.78 is 10.2. The van der Waals surface area contributed by atoms with E-state index in [2.05, 4.69) is 15.0 Å². The number of phenolic OH excluding ortho intramolecular Hbond substituents is 1. The Morgan fingerprint density at radius 3 is 2.16 bits per heavy atom. The van der Waals surface area contributed by atoms with Gasteiger partial charge in [-0.3, -0.25) is 0 Å². The summed E-state index contributed by atoms with van der Waals surface area (Å²) in [5.74, 6) is 1.10. The topological polar surface area (TPSA) is 94.4 Å². The maximum Gasteiger partial charge on any atom is 0.341 e. The number of benzene rings is 3. The summed E-state index contributed by atoms with van der Waals surface area (Å²) in [5.41, 5.74) is 3.15. The minimum Gasteiger partial charge on any atom is -0.507 e. The van der Waals surface area contributed by atoms with Gasteiger partial charge in [0.1, 0.15) is 17.1 Å². The van der Waals surface area contributed by atoms with Crippen LogP contribution in [0.15, 0.2) is 66.7 Å². The highest BCUT2D eigenvalue weighted by Gasteiger charge is 2.18. The summed E-state index contributed by atoms with van der Waals surface area (Å²) in [6.07, 6.45) is 0. The zero-order valence-corrected chi connectivity index (χ0v) is 17.9. The Bertz CT molecular complexity index is 1290. The standard InChI is InChI=1S/C25H21N3O4/c1-15-9-11-18(20(29)13-15)24-27-22(16-7-5-4-6-8-16)26-23(28-24)17-10-12-19(25(30)32-3)21(14-17)31-2/h4-14,29H,1-3H3. The highest BCUT2D eigenvalue weighted by atomic mass is 16.5. The van der Waals surface area contributed by atoms with Crippen LogP contribution in [0.2, 0.25) is 0 Å². The fraction of sp³-hybridized carbons (Fsp3) is 0.120. The third kappa shape index (κ3) is 4.13. The number of methoxy groups -OCH3 is 2. The first kappa shape index (κ1) is 21.0. The number of phenols is 1. The van der Waals surface area contributed by atoms with Crippen LogP contribution in [0.25, 0.3) is 34.2 Å². The van der Waals surface area contributed by atoms with Crippen molar-refractivity contribution in [3.05, 3.63) is 77.9 Å². The van der Waals surface area contributed by atoms with E-state index in [0.29, 0.717) is 39.9 Å². The number of ether oxygens (including phenoxy) is 2. The van der Waals surface area contributed by atoms with Gasteiger partial charge in [-0.15, -0.1) is 0 Å². The molecule has 7 nitrogen and oxygen atoms in total. The van der Waals surface area contributed by atoms with Gasteiger partial charge >= 0.3 is 5.97 Å². The summed E-state index contributed by atoms with van der Waals surface area (Å²) in [6, 6.07) is 19.8. The second kappa shape index (κ2) is 8.85. The van der Waals surface area contributed by atoms with Crippen molar-refractivity contribution in [1.82, 2.24) is 15.0 Å². The smallest absolute Gasteiger partial charge is 0.341 e. The van der Waals surface area contributed by atoms with Crippen molar-refractivity contribution in [2.45, 2.75) is 6.92 Å². The molecular formula is C25H21N3O4. The lowest BCUT2D eigenvalue weighted by Crippen LogP contribution is -2.05. The second-order valence-electron chi connectivity index (χ2n) is 7.10. The number of hydrogen-bond donors (Lipinski definition) is 1. The van der Waals surface area contributed by atoms with Gasteiger partial charge in [-0.2, -0.15) is 0 Å². The summed E-state index contributed by atoms with van der Waals surface area (Å²) >= 11 is 0. The lowest BCUT2D eigenvalue weighted by Gasteiger charge is -2.11. The molecule has 4 rings (SSSR count). The Morgan fingerprint density at radius 2 is 1.50 bits per heavy atom. The second-order valence-corrected chi connectivity index (χ2v) is 7.10. The van der Waals surface area contributed by atoms with Gasteiger partial charge < -0.3 is 14.6 Å². The number of carbonyl (C=O) groups is 1. The normalized spacial score (nSPS) is 10.6. The first-order valence-corrected chi connectivity index (χ1v) is 9.88. The molecule has 0 spiro atoms. The van der Waals surface area contributed by atoms with Crippen LogP contribution in [0.5, 0.6) is 11.5 Å². The number of esters is 1. The van der Waals surface area contributed by atoms with Crippen LogP contribution in [0.3, 0.4) is 0 Å². The Kier molecular flexibility index (Phi) is 5.81. The number of aromatic nitrogens is 3. The lowest BCUT2D eigenvalue weighted by molar-refractivity contribution is 0.0597. The SMILES string of the molecule is COC(=O)c1ccc(-c2nc(-c3ccccc3)nc(-c3ccc(C)cc3O)n2)cc1OC. The molecule has 0 atom stereocenters. The van der Waals surface area contributed by atoms with Crippen LogP contribution in [-0.2, 0) is 4.74 Å².